The summed E-state index contributed by atoms with van der Waals surface area (Å²) in [5, 5.41) is 12.3. The van der Waals surface area contributed by atoms with Crippen LogP contribution in [0, 0.1) is 6.92 Å². The van der Waals surface area contributed by atoms with Crippen LogP contribution >= 0.6 is 9.24 Å². The molecule has 0 aromatic carbocycles. The lowest BCUT2D eigenvalue weighted by Gasteiger charge is -2.30. The molecule has 2 unspecified atom stereocenters. The lowest BCUT2D eigenvalue weighted by molar-refractivity contribution is 0.0928. The molecule has 11 heteroatoms. The Morgan fingerprint density at radius 1 is 1.27 bits per heavy atom. The van der Waals surface area contributed by atoms with Gasteiger partial charge in [0.1, 0.15) is 22.3 Å². The molecule has 8 nitrogen and oxygen atoms in total. The highest BCUT2D eigenvalue weighted by Gasteiger charge is 2.26. The number of H-pyrrole nitrogens is 1. The first kappa shape index (κ1) is 21.8. The Balaban J connectivity index is 1.23. The summed E-state index contributed by atoms with van der Waals surface area (Å²) in [4.78, 5) is 21.6. The number of rotatable bonds is 5. The van der Waals surface area contributed by atoms with Gasteiger partial charge in [-0.05, 0) is 50.8 Å². The highest BCUT2D eigenvalue weighted by Crippen LogP contribution is 2.30. The van der Waals surface area contributed by atoms with Crippen molar-refractivity contribution < 1.29 is 9.18 Å². The van der Waals surface area contributed by atoms with Crippen LogP contribution in [0.3, 0.4) is 0 Å². The summed E-state index contributed by atoms with van der Waals surface area (Å²) in [5.41, 5.74) is 3.83. The van der Waals surface area contributed by atoms with Gasteiger partial charge in [0.05, 0.1) is 22.5 Å². The molecule has 1 saturated carbocycles. The summed E-state index contributed by atoms with van der Waals surface area (Å²) in [7, 11) is 3.67. The quantitative estimate of drug-likeness (QED) is 0.311. The first-order chi connectivity index (χ1) is 15.8. The summed E-state index contributed by atoms with van der Waals surface area (Å²) in [6, 6.07) is 7.87. The average Bonchev–Trinajstić information content (AvgIpc) is 3.40. The predicted octanol–water partition coefficient (Wildman–Crippen LogP) is 2.66. The van der Waals surface area contributed by atoms with Gasteiger partial charge in [-0.25, -0.2) is 9.37 Å². The molecule has 1 aliphatic carbocycles. The second-order valence-corrected chi connectivity index (χ2v) is 9.98. The number of amides is 1. The normalized spacial score (nSPS) is 20.6. The van der Waals surface area contributed by atoms with E-state index in [2.05, 4.69) is 40.0 Å². The van der Waals surface area contributed by atoms with Gasteiger partial charge in [-0.3, -0.25) is 19.3 Å². The van der Waals surface area contributed by atoms with Crippen molar-refractivity contribution in [2.75, 3.05) is 5.32 Å². The van der Waals surface area contributed by atoms with Crippen molar-refractivity contribution in [1.29, 1.82) is 0 Å². The van der Waals surface area contributed by atoms with Crippen LogP contribution in [0.1, 0.15) is 47.4 Å². The number of carbonyl (C=O) groups excluding carboxylic acids is 1. The number of imidazole rings is 1. The van der Waals surface area contributed by atoms with Gasteiger partial charge < -0.3 is 10.6 Å². The standard InChI is InChI=1S/C22H26BFN7OP/c1-12-19-20(30-29-12)15(9-10-25-19)21(32)27-14-7-5-13(6-8-14)26-17-3-2-4-18-28-16(11-31(17)18)22(23,24)33/h2-4,9-11,13-14,26H,5-8,23,33H2,1H3,(H,27,32)(H,29,30). The molecule has 1 amide bonds. The van der Waals surface area contributed by atoms with E-state index in [9.17, 15) is 9.18 Å². The van der Waals surface area contributed by atoms with Crippen molar-refractivity contribution in [2.45, 2.75) is 50.0 Å². The van der Waals surface area contributed by atoms with E-state index in [4.69, 9.17) is 0 Å². The molecule has 1 aliphatic rings. The van der Waals surface area contributed by atoms with Gasteiger partial charge in [0.2, 0.25) is 0 Å². The van der Waals surface area contributed by atoms with Gasteiger partial charge in [0.25, 0.3) is 5.91 Å². The summed E-state index contributed by atoms with van der Waals surface area (Å²) >= 11 is 0. The second-order valence-electron chi connectivity index (χ2n) is 8.90. The zero-order chi connectivity index (χ0) is 23.2. The van der Waals surface area contributed by atoms with Crippen molar-refractivity contribution in [3.8, 4) is 0 Å². The number of nitrogens with one attached hydrogen (secondary N) is 3. The molecule has 1 fully saturated rings. The number of aryl methyl sites for hydroxylation is 1. The summed E-state index contributed by atoms with van der Waals surface area (Å²) in [6.45, 7) is 1.87. The largest absolute Gasteiger partial charge is 0.368 e. The fraction of sp³-hybridized carbons (Fsp3) is 0.364. The van der Waals surface area contributed by atoms with E-state index in [0.717, 1.165) is 42.7 Å². The van der Waals surface area contributed by atoms with Crippen LogP contribution in [0.4, 0.5) is 10.2 Å². The van der Waals surface area contributed by atoms with Gasteiger partial charge >= 0.3 is 0 Å². The highest BCUT2D eigenvalue weighted by molar-refractivity contribution is 7.21. The van der Waals surface area contributed by atoms with Gasteiger partial charge in [0.15, 0.2) is 7.85 Å². The number of hydrogen-bond acceptors (Lipinski definition) is 5. The molecule has 0 saturated heterocycles. The van der Waals surface area contributed by atoms with Gasteiger partial charge in [-0.15, -0.1) is 9.24 Å². The van der Waals surface area contributed by atoms with Crippen LogP contribution < -0.4 is 10.6 Å². The van der Waals surface area contributed by atoms with Crippen LogP contribution in [0.15, 0.2) is 36.7 Å². The maximum atomic E-state index is 14.3. The summed E-state index contributed by atoms with van der Waals surface area (Å²) in [5.74, 6) is 0.784. The molecule has 5 rings (SSSR count). The molecule has 170 valence electrons. The van der Waals surface area contributed by atoms with Crippen LogP contribution in [-0.4, -0.2) is 50.4 Å². The number of aromatic amines is 1. The number of hydrogen-bond donors (Lipinski definition) is 3. The van der Waals surface area contributed by atoms with Crippen LogP contribution in [0.25, 0.3) is 16.7 Å². The van der Waals surface area contributed by atoms with Crippen molar-refractivity contribution in [2.24, 2.45) is 0 Å². The molecule has 0 spiro atoms. The molecular formula is C22H26BFN7OP. The molecule has 3 N–H and O–H groups in total. The number of carbonyl (C=O) groups is 1. The minimum atomic E-state index is -1.57. The number of anilines is 1. The Bertz CT molecular complexity index is 1320. The number of nitrogens with zero attached hydrogens (tertiary/aromatic N) is 4. The topological polar surface area (TPSA) is 100 Å². The Morgan fingerprint density at radius 2 is 2.03 bits per heavy atom. The van der Waals surface area contributed by atoms with Crippen molar-refractivity contribution in [3.63, 3.8) is 0 Å². The zero-order valence-electron chi connectivity index (χ0n) is 18.6. The second kappa shape index (κ2) is 8.41. The molecule has 4 heterocycles. The Labute approximate surface area is 193 Å². The van der Waals surface area contributed by atoms with Crippen molar-refractivity contribution in [3.05, 3.63) is 53.6 Å². The van der Waals surface area contributed by atoms with E-state index in [0.29, 0.717) is 22.4 Å². The van der Waals surface area contributed by atoms with E-state index in [1.54, 1.807) is 18.5 Å². The maximum Gasteiger partial charge on any atom is 0.253 e. The SMILES string of the molecule is BC(F)(P)c1cn2c(NC3CCC(NC(=O)c4ccnc5c(C)n[nH]c45)CC3)cccc2n1. The van der Waals surface area contributed by atoms with Crippen molar-refractivity contribution in [1.82, 2.24) is 29.9 Å². The van der Waals surface area contributed by atoms with Gasteiger partial charge in [0, 0.05) is 24.5 Å². The number of fused-ring (bicyclic) bond motifs is 2. The highest BCUT2D eigenvalue weighted by atomic mass is 31.0. The molecule has 2 atom stereocenters. The lowest BCUT2D eigenvalue weighted by Crippen LogP contribution is -2.40. The van der Waals surface area contributed by atoms with Gasteiger partial charge in [-0.2, -0.15) is 5.10 Å². The lowest BCUT2D eigenvalue weighted by atomic mass is 9.91. The summed E-state index contributed by atoms with van der Waals surface area (Å²) < 4.78 is 16.2. The number of aromatic nitrogens is 5. The zero-order valence-corrected chi connectivity index (χ0v) is 19.8. The molecule has 0 bridgehead atoms. The van der Waals surface area contributed by atoms with Crippen LogP contribution in [0.2, 0.25) is 0 Å². The number of alkyl halides is 1. The third kappa shape index (κ3) is 4.32. The average molecular weight is 465 g/mol. The smallest absolute Gasteiger partial charge is 0.253 e. The number of halogens is 1. The monoisotopic (exact) mass is 465 g/mol. The first-order valence-corrected chi connectivity index (χ1v) is 11.7. The van der Waals surface area contributed by atoms with Crippen molar-refractivity contribution >= 4 is 45.5 Å². The minimum absolute atomic E-state index is 0.107. The first-order valence-electron chi connectivity index (χ1n) is 11.1. The minimum Gasteiger partial charge on any atom is -0.368 e. The maximum absolute atomic E-state index is 14.3. The third-order valence-corrected chi connectivity index (χ3v) is 6.58. The van der Waals surface area contributed by atoms with E-state index >= 15 is 0 Å². The van der Waals surface area contributed by atoms with E-state index in [-0.39, 0.29) is 18.0 Å². The van der Waals surface area contributed by atoms with E-state index in [1.807, 2.05) is 29.5 Å². The molecule has 0 radical (unpaired) electrons. The number of pyridine rings is 2. The third-order valence-electron chi connectivity index (χ3n) is 6.28. The molecule has 33 heavy (non-hydrogen) atoms. The molecule has 0 aliphatic heterocycles. The molecule has 4 aromatic heterocycles. The Morgan fingerprint density at radius 3 is 2.79 bits per heavy atom. The van der Waals surface area contributed by atoms with Crippen LogP contribution in [-0.2, 0) is 5.31 Å². The van der Waals surface area contributed by atoms with Gasteiger partial charge in [-0.1, -0.05) is 6.07 Å². The Hall–Kier alpha value is -3.00. The summed E-state index contributed by atoms with van der Waals surface area (Å²) in [6.07, 6.45) is 6.97. The fourth-order valence-electron chi connectivity index (χ4n) is 4.45. The Kier molecular flexibility index (Phi) is 5.56. The molecule has 4 aromatic rings. The van der Waals surface area contributed by atoms with Crippen LogP contribution in [0.5, 0.6) is 0 Å². The molecular weight excluding hydrogens is 439 g/mol. The fourth-order valence-corrected chi connectivity index (χ4v) is 4.59. The van der Waals surface area contributed by atoms with E-state index in [1.165, 1.54) is 7.85 Å². The predicted molar refractivity (Wildman–Crippen MR) is 132 cm³/mol. The van der Waals surface area contributed by atoms with E-state index < -0.39 is 5.31 Å².